The standard InChI is InChI=1S/C18H19NO3/c1-12(2)22-18(21)15-8-5-9-16(11-15)19-17(20)14-7-4-6-13(3)10-14/h4-12H,1-3H3,(H,19,20). The number of rotatable bonds is 4. The van der Waals surface area contributed by atoms with Crippen molar-refractivity contribution >= 4 is 17.6 Å². The molecule has 0 aliphatic carbocycles. The van der Waals surface area contributed by atoms with Gasteiger partial charge in [-0.1, -0.05) is 23.8 Å². The molecule has 0 saturated heterocycles. The Balaban J connectivity index is 2.13. The van der Waals surface area contributed by atoms with E-state index in [-0.39, 0.29) is 12.0 Å². The summed E-state index contributed by atoms with van der Waals surface area (Å²) in [6, 6.07) is 14.0. The smallest absolute Gasteiger partial charge is 0.338 e. The first-order valence-corrected chi connectivity index (χ1v) is 7.15. The number of hydrogen-bond donors (Lipinski definition) is 1. The first-order valence-electron chi connectivity index (χ1n) is 7.15. The fourth-order valence-corrected chi connectivity index (χ4v) is 2.00. The van der Waals surface area contributed by atoms with Crippen molar-refractivity contribution < 1.29 is 14.3 Å². The lowest BCUT2D eigenvalue weighted by Gasteiger charge is -2.10. The molecule has 2 aromatic carbocycles. The van der Waals surface area contributed by atoms with Crippen LogP contribution in [-0.2, 0) is 4.74 Å². The fourth-order valence-electron chi connectivity index (χ4n) is 2.00. The van der Waals surface area contributed by atoms with Crippen LogP contribution in [0.4, 0.5) is 5.69 Å². The SMILES string of the molecule is Cc1cccc(C(=O)Nc2cccc(C(=O)OC(C)C)c2)c1. The second kappa shape index (κ2) is 6.89. The Labute approximate surface area is 130 Å². The van der Waals surface area contributed by atoms with Gasteiger partial charge in [-0.05, 0) is 51.1 Å². The average Bonchev–Trinajstić information content (AvgIpc) is 2.47. The van der Waals surface area contributed by atoms with Crippen LogP contribution in [0, 0.1) is 6.92 Å². The number of aryl methyl sites for hydroxylation is 1. The highest BCUT2D eigenvalue weighted by molar-refractivity contribution is 6.05. The van der Waals surface area contributed by atoms with Crippen molar-refractivity contribution in [3.8, 4) is 0 Å². The largest absolute Gasteiger partial charge is 0.459 e. The third-order valence-corrected chi connectivity index (χ3v) is 2.98. The summed E-state index contributed by atoms with van der Waals surface area (Å²) in [7, 11) is 0. The molecule has 0 saturated carbocycles. The van der Waals surface area contributed by atoms with E-state index in [4.69, 9.17) is 4.74 Å². The lowest BCUT2D eigenvalue weighted by Crippen LogP contribution is -2.14. The van der Waals surface area contributed by atoms with Crippen molar-refractivity contribution in [1.29, 1.82) is 0 Å². The third-order valence-electron chi connectivity index (χ3n) is 2.98. The summed E-state index contributed by atoms with van der Waals surface area (Å²) in [4.78, 5) is 24.1. The number of carbonyl (C=O) groups is 2. The predicted octanol–water partition coefficient (Wildman–Crippen LogP) is 3.81. The molecular weight excluding hydrogens is 278 g/mol. The Bertz CT molecular complexity index is 692. The van der Waals surface area contributed by atoms with Gasteiger partial charge in [-0.2, -0.15) is 0 Å². The number of carbonyl (C=O) groups excluding carboxylic acids is 2. The number of nitrogens with one attached hydrogen (secondary N) is 1. The lowest BCUT2D eigenvalue weighted by molar-refractivity contribution is 0.0378. The van der Waals surface area contributed by atoms with E-state index >= 15 is 0 Å². The molecule has 1 amide bonds. The Hall–Kier alpha value is -2.62. The van der Waals surface area contributed by atoms with Gasteiger partial charge >= 0.3 is 5.97 Å². The van der Waals surface area contributed by atoms with Gasteiger partial charge < -0.3 is 10.1 Å². The number of esters is 1. The Morgan fingerprint density at radius 3 is 2.36 bits per heavy atom. The molecule has 0 unspecified atom stereocenters. The summed E-state index contributed by atoms with van der Waals surface area (Å²) in [6.07, 6.45) is -0.182. The summed E-state index contributed by atoms with van der Waals surface area (Å²) in [5.41, 5.74) is 2.57. The summed E-state index contributed by atoms with van der Waals surface area (Å²) < 4.78 is 5.14. The molecule has 0 fully saturated rings. The molecule has 0 spiro atoms. The molecule has 0 aromatic heterocycles. The van der Waals surface area contributed by atoms with E-state index in [2.05, 4.69) is 5.32 Å². The van der Waals surface area contributed by atoms with Crippen molar-refractivity contribution in [2.24, 2.45) is 0 Å². The van der Waals surface area contributed by atoms with Gasteiger partial charge in [-0.25, -0.2) is 4.79 Å². The maximum atomic E-state index is 12.2. The minimum absolute atomic E-state index is 0.182. The molecule has 4 heteroatoms. The highest BCUT2D eigenvalue weighted by Crippen LogP contribution is 2.14. The zero-order valence-corrected chi connectivity index (χ0v) is 12.9. The van der Waals surface area contributed by atoms with Crippen molar-refractivity contribution in [3.63, 3.8) is 0 Å². The Morgan fingerprint density at radius 1 is 1.00 bits per heavy atom. The van der Waals surface area contributed by atoms with Crippen molar-refractivity contribution in [1.82, 2.24) is 0 Å². The minimum atomic E-state index is -0.401. The molecule has 0 atom stereocenters. The third kappa shape index (κ3) is 4.19. The Morgan fingerprint density at radius 2 is 1.68 bits per heavy atom. The van der Waals surface area contributed by atoms with Gasteiger partial charge in [0, 0.05) is 11.3 Å². The van der Waals surface area contributed by atoms with Crippen LogP contribution in [0.2, 0.25) is 0 Å². The van der Waals surface area contributed by atoms with E-state index in [1.807, 2.05) is 25.1 Å². The molecule has 4 nitrogen and oxygen atoms in total. The van der Waals surface area contributed by atoms with E-state index < -0.39 is 5.97 Å². The summed E-state index contributed by atoms with van der Waals surface area (Å²) in [6.45, 7) is 5.52. The normalized spacial score (nSPS) is 10.4. The van der Waals surface area contributed by atoms with Crippen LogP contribution in [-0.4, -0.2) is 18.0 Å². The van der Waals surface area contributed by atoms with Crippen molar-refractivity contribution in [3.05, 3.63) is 65.2 Å². The lowest BCUT2D eigenvalue weighted by atomic mass is 10.1. The maximum Gasteiger partial charge on any atom is 0.338 e. The molecule has 1 N–H and O–H groups in total. The number of ether oxygens (including phenoxy) is 1. The van der Waals surface area contributed by atoms with Crippen LogP contribution in [0.25, 0.3) is 0 Å². The van der Waals surface area contributed by atoms with Crippen LogP contribution < -0.4 is 5.32 Å². The van der Waals surface area contributed by atoms with Crippen molar-refractivity contribution in [2.75, 3.05) is 5.32 Å². The van der Waals surface area contributed by atoms with E-state index in [0.717, 1.165) is 5.56 Å². The van der Waals surface area contributed by atoms with Gasteiger partial charge in [0.2, 0.25) is 0 Å². The number of anilines is 1. The van der Waals surface area contributed by atoms with Crippen LogP contribution in [0.5, 0.6) is 0 Å². The van der Waals surface area contributed by atoms with Gasteiger partial charge in [0.05, 0.1) is 11.7 Å². The van der Waals surface area contributed by atoms with Crippen LogP contribution in [0.3, 0.4) is 0 Å². The predicted molar refractivity (Wildman–Crippen MR) is 86.1 cm³/mol. The van der Waals surface area contributed by atoms with E-state index in [9.17, 15) is 9.59 Å². The molecule has 0 bridgehead atoms. The molecule has 0 radical (unpaired) electrons. The van der Waals surface area contributed by atoms with Gasteiger partial charge in [-0.3, -0.25) is 4.79 Å². The molecule has 0 aliphatic heterocycles. The first kappa shape index (κ1) is 15.8. The molecule has 0 heterocycles. The highest BCUT2D eigenvalue weighted by atomic mass is 16.5. The molecule has 0 aliphatic rings. The maximum absolute atomic E-state index is 12.2. The Kier molecular flexibility index (Phi) is 4.94. The van der Waals surface area contributed by atoms with Gasteiger partial charge in [-0.15, -0.1) is 0 Å². The van der Waals surface area contributed by atoms with Crippen LogP contribution >= 0.6 is 0 Å². The quantitative estimate of drug-likeness (QED) is 0.873. The fraction of sp³-hybridized carbons (Fsp3) is 0.222. The van der Waals surface area contributed by atoms with Crippen LogP contribution in [0.1, 0.15) is 40.1 Å². The van der Waals surface area contributed by atoms with Gasteiger partial charge in [0.15, 0.2) is 0 Å². The van der Waals surface area contributed by atoms with E-state index in [1.54, 1.807) is 44.2 Å². The zero-order chi connectivity index (χ0) is 16.1. The zero-order valence-electron chi connectivity index (χ0n) is 12.9. The minimum Gasteiger partial charge on any atom is -0.459 e. The molecule has 2 aromatic rings. The first-order chi connectivity index (χ1) is 10.5. The van der Waals surface area contributed by atoms with E-state index in [0.29, 0.717) is 16.8 Å². The molecule has 114 valence electrons. The number of hydrogen-bond acceptors (Lipinski definition) is 3. The summed E-state index contributed by atoms with van der Waals surface area (Å²) >= 11 is 0. The summed E-state index contributed by atoms with van der Waals surface area (Å²) in [5.74, 6) is -0.611. The average molecular weight is 297 g/mol. The highest BCUT2D eigenvalue weighted by Gasteiger charge is 2.11. The number of amides is 1. The molecule has 2 rings (SSSR count). The second-order valence-electron chi connectivity index (χ2n) is 5.36. The second-order valence-corrected chi connectivity index (χ2v) is 5.36. The molecule has 22 heavy (non-hydrogen) atoms. The summed E-state index contributed by atoms with van der Waals surface area (Å²) in [5, 5.41) is 2.79. The van der Waals surface area contributed by atoms with E-state index in [1.165, 1.54) is 0 Å². The topological polar surface area (TPSA) is 55.4 Å². The molecular formula is C18H19NO3. The van der Waals surface area contributed by atoms with Crippen molar-refractivity contribution in [2.45, 2.75) is 26.9 Å². The van der Waals surface area contributed by atoms with Gasteiger partial charge in [0.1, 0.15) is 0 Å². The van der Waals surface area contributed by atoms with Gasteiger partial charge in [0.25, 0.3) is 5.91 Å². The van der Waals surface area contributed by atoms with Crippen LogP contribution in [0.15, 0.2) is 48.5 Å². The monoisotopic (exact) mass is 297 g/mol. The number of benzene rings is 2.